The van der Waals surface area contributed by atoms with Gasteiger partial charge in [-0.3, -0.25) is 4.98 Å². The SMILES string of the molecule is Cc1noc(C)c1Cn1nnc(C#N)c1-c1cccnc1. The number of hydrogen-bond donors (Lipinski definition) is 0. The summed E-state index contributed by atoms with van der Waals surface area (Å²) in [5.41, 5.74) is 3.46. The van der Waals surface area contributed by atoms with Crippen molar-refractivity contribution in [2.24, 2.45) is 0 Å². The molecule has 3 aromatic rings. The minimum absolute atomic E-state index is 0.273. The van der Waals surface area contributed by atoms with E-state index < -0.39 is 0 Å². The Morgan fingerprint density at radius 1 is 1.38 bits per heavy atom. The molecule has 0 atom stereocenters. The van der Waals surface area contributed by atoms with Gasteiger partial charge in [0.1, 0.15) is 17.5 Å². The molecule has 3 heterocycles. The average molecular weight is 280 g/mol. The van der Waals surface area contributed by atoms with E-state index in [1.54, 1.807) is 17.1 Å². The molecule has 0 N–H and O–H groups in total. The molecule has 0 aromatic carbocycles. The van der Waals surface area contributed by atoms with Crippen molar-refractivity contribution >= 4 is 0 Å². The second kappa shape index (κ2) is 5.17. The summed E-state index contributed by atoms with van der Waals surface area (Å²) in [6, 6.07) is 5.74. The van der Waals surface area contributed by atoms with Crippen LogP contribution >= 0.6 is 0 Å². The molecule has 0 aliphatic carbocycles. The van der Waals surface area contributed by atoms with E-state index in [9.17, 15) is 5.26 Å². The molecule has 0 fully saturated rings. The zero-order chi connectivity index (χ0) is 14.8. The highest BCUT2D eigenvalue weighted by Crippen LogP contribution is 2.23. The van der Waals surface area contributed by atoms with Crippen LogP contribution in [-0.2, 0) is 6.54 Å². The lowest BCUT2D eigenvalue weighted by atomic mass is 10.1. The molecule has 0 radical (unpaired) electrons. The largest absolute Gasteiger partial charge is 0.361 e. The van der Waals surface area contributed by atoms with Crippen LogP contribution in [0.4, 0.5) is 0 Å². The van der Waals surface area contributed by atoms with Gasteiger partial charge in [-0.2, -0.15) is 5.26 Å². The van der Waals surface area contributed by atoms with Crippen molar-refractivity contribution in [3.05, 3.63) is 47.2 Å². The lowest BCUT2D eigenvalue weighted by molar-refractivity contribution is 0.391. The van der Waals surface area contributed by atoms with Gasteiger partial charge >= 0.3 is 0 Å². The molecule has 0 bridgehead atoms. The third kappa shape index (κ3) is 2.27. The summed E-state index contributed by atoms with van der Waals surface area (Å²) in [7, 11) is 0. The van der Waals surface area contributed by atoms with Crippen LogP contribution < -0.4 is 0 Å². The fourth-order valence-corrected chi connectivity index (χ4v) is 2.16. The van der Waals surface area contributed by atoms with Crippen molar-refractivity contribution in [3.8, 4) is 17.3 Å². The third-order valence-electron chi connectivity index (χ3n) is 3.27. The number of aryl methyl sites for hydroxylation is 2. The number of nitrogens with zero attached hydrogens (tertiary/aromatic N) is 6. The Morgan fingerprint density at radius 3 is 2.86 bits per heavy atom. The van der Waals surface area contributed by atoms with Crippen molar-refractivity contribution in [2.75, 3.05) is 0 Å². The van der Waals surface area contributed by atoms with Gasteiger partial charge in [-0.15, -0.1) is 5.10 Å². The lowest BCUT2D eigenvalue weighted by Crippen LogP contribution is -2.06. The maximum atomic E-state index is 9.21. The fourth-order valence-electron chi connectivity index (χ4n) is 2.16. The first-order valence-corrected chi connectivity index (χ1v) is 6.36. The minimum atomic E-state index is 0.273. The Labute approximate surface area is 120 Å². The molecule has 0 amide bonds. The smallest absolute Gasteiger partial charge is 0.190 e. The number of pyridine rings is 1. The first-order valence-electron chi connectivity index (χ1n) is 6.36. The van der Waals surface area contributed by atoms with E-state index in [0.717, 1.165) is 22.6 Å². The highest BCUT2D eigenvalue weighted by Gasteiger charge is 2.18. The monoisotopic (exact) mass is 280 g/mol. The van der Waals surface area contributed by atoms with Crippen molar-refractivity contribution < 1.29 is 4.52 Å². The van der Waals surface area contributed by atoms with Gasteiger partial charge < -0.3 is 4.52 Å². The molecule has 104 valence electrons. The maximum Gasteiger partial charge on any atom is 0.190 e. The summed E-state index contributed by atoms with van der Waals surface area (Å²) in [5, 5.41) is 21.1. The third-order valence-corrected chi connectivity index (χ3v) is 3.27. The molecule has 3 rings (SSSR count). The Bertz CT molecular complexity index is 792. The van der Waals surface area contributed by atoms with Crippen molar-refractivity contribution in [1.29, 1.82) is 5.26 Å². The van der Waals surface area contributed by atoms with Gasteiger partial charge in [0.25, 0.3) is 0 Å². The Balaban J connectivity index is 2.09. The van der Waals surface area contributed by atoms with E-state index in [4.69, 9.17) is 4.52 Å². The Hall–Kier alpha value is -3.01. The molecule has 0 spiro atoms. The first-order chi connectivity index (χ1) is 10.2. The second-order valence-electron chi connectivity index (χ2n) is 4.60. The molecular weight excluding hydrogens is 268 g/mol. The van der Waals surface area contributed by atoms with Crippen LogP contribution in [0.5, 0.6) is 0 Å². The number of nitriles is 1. The summed E-state index contributed by atoms with van der Waals surface area (Å²) >= 11 is 0. The Morgan fingerprint density at radius 2 is 2.24 bits per heavy atom. The summed E-state index contributed by atoms with van der Waals surface area (Å²) < 4.78 is 6.83. The maximum absolute atomic E-state index is 9.21. The Kier molecular flexibility index (Phi) is 3.20. The molecule has 0 aliphatic rings. The summed E-state index contributed by atoms with van der Waals surface area (Å²) in [6.45, 7) is 4.17. The van der Waals surface area contributed by atoms with Crippen LogP contribution in [0, 0.1) is 25.2 Å². The molecule has 0 aliphatic heterocycles. The van der Waals surface area contributed by atoms with E-state index in [1.807, 2.05) is 26.0 Å². The van der Waals surface area contributed by atoms with Gasteiger partial charge in [0.05, 0.1) is 12.2 Å². The van der Waals surface area contributed by atoms with E-state index >= 15 is 0 Å². The quantitative estimate of drug-likeness (QED) is 0.727. The van der Waals surface area contributed by atoms with E-state index in [2.05, 4.69) is 26.5 Å². The van der Waals surface area contributed by atoms with Crippen molar-refractivity contribution in [3.63, 3.8) is 0 Å². The van der Waals surface area contributed by atoms with Crippen LogP contribution in [-0.4, -0.2) is 25.1 Å². The van der Waals surface area contributed by atoms with Gasteiger partial charge in [0.2, 0.25) is 0 Å². The standard InChI is InChI=1S/C14H12N6O/c1-9-12(10(2)21-18-9)8-20-14(13(6-15)17-19-20)11-4-3-5-16-7-11/h3-5,7H,8H2,1-2H3. The highest BCUT2D eigenvalue weighted by molar-refractivity contribution is 5.63. The highest BCUT2D eigenvalue weighted by atomic mass is 16.5. The van der Waals surface area contributed by atoms with E-state index in [1.165, 1.54) is 0 Å². The van der Waals surface area contributed by atoms with Gasteiger partial charge in [0, 0.05) is 23.5 Å². The summed E-state index contributed by atoms with van der Waals surface area (Å²) in [5.74, 6) is 0.735. The molecule has 0 saturated carbocycles. The summed E-state index contributed by atoms with van der Waals surface area (Å²) in [4.78, 5) is 4.08. The van der Waals surface area contributed by atoms with Crippen LogP contribution in [0.1, 0.15) is 22.7 Å². The molecule has 7 nitrogen and oxygen atoms in total. The van der Waals surface area contributed by atoms with Crippen molar-refractivity contribution in [1.82, 2.24) is 25.1 Å². The van der Waals surface area contributed by atoms with E-state index in [0.29, 0.717) is 12.2 Å². The molecule has 7 heteroatoms. The molecule has 3 aromatic heterocycles. The van der Waals surface area contributed by atoms with Crippen molar-refractivity contribution in [2.45, 2.75) is 20.4 Å². The van der Waals surface area contributed by atoms with Gasteiger partial charge in [-0.25, -0.2) is 4.68 Å². The molecular formula is C14H12N6O. The fraction of sp³-hybridized carbons (Fsp3) is 0.214. The van der Waals surface area contributed by atoms with Crippen LogP contribution in [0.15, 0.2) is 29.0 Å². The minimum Gasteiger partial charge on any atom is -0.361 e. The van der Waals surface area contributed by atoms with Gasteiger partial charge in [-0.05, 0) is 26.0 Å². The summed E-state index contributed by atoms with van der Waals surface area (Å²) in [6.07, 6.45) is 3.36. The normalized spacial score (nSPS) is 10.5. The average Bonchev–Trinajstić information content (AvgIpc) is 3.06. The molecule has 0 saturated heterocycles. The topological polar surface area (TPSA) is 93.4 Å². The van der Waals surface area contributed by atoms with Crippen LogP contribution in [0.3, 0.4) is 0 Å². The second-order valence-corrected chi connectivity index (χ2v) is 4.60. The first kappa shape index (κ1) is 13.0. The lowest BCUT2D eigenvalue weighted by Gasteiger charge is -2.06. The van der Waals surface area contributed by atoms with Gasteiger partial charge in [0.15, 0.2) is 5.69 Å². The number of rotatable bonds is 3. The zero-order valence-corrected chi connectivity index (χ0v) is 11.6. The predicted molar refractivity (Wildman–Crippen MR) is 73.0 cm³/mol. The molecule has 21 heavy (non-hydrogen) atoms. The molecule has 0 unspecified atom stereocenters. The number of hydrogen-bond acceptors (Lipinski definition) is 6. The number of aromatic nitrogens is 5. The van der Waals surface area contributed by atoms with Crippen LogP contribution in [0.2, 0.25) is 0 Å². The van der Waals surface area contributed by atoms with E-state index in [-0.39, 0.29) is 5.69 Å². The zero-order valence-electron chi connectivity index (χ0n) is 11.6. The van der Waals surface area contributed by atoms with Crippen LogP contribution in [0.25, 0.3) is 11.3 Å². The van der Waals surface area contributed by atoms with Gasteiger partial charge in [-0.1, -0.05) is 10.4 Å². The predicted octanol–water partition coefficient (Wildman–Crippen LogP) is 1.86.